The molecule has 2 heterocycles. The summed E-state index contributed by atoms with van der Waals surface area (Å²) >= 11 is 6.00. The molecule has 20 heavy (non-hydrogen) atoms. The van der Waals surface area contributed by atoms with E-state index in [1.165, 1.54) is 25.5 Å². The topological polar surface area (TPSA) is 103 Å². The number of nitrogens with zero attached hydrogens (tertiary/aromatic N) is 2. The maximum Gasteiger partial charge on any atom is 0.304 e. The maximum absolute atomic E-state index is 12.4. The number of sulfonamides is 1. The van der Waals surface area contributed by atoms with Crippen molar-refractivity contribution in [2.24, 2.45) is 0 Å². The molecule has 7 nitrogen and oxygen atoms in total. The van der Waals surface area contributed by atoms with Crippen molar-refractivity contribution in [2.75, 3.05) is 13.6 Å². The van der Waals surface area contributed by atoms with Gasteiger partial charge in [-0.2, -0.15) is 0 Å². The summed E-state index contributed by atoms with van der Waals surface area (Å²) in [4.78, 5) is 17.2. The van der Waals surface area contributed by atoms with Crippen molar-refractivity contribution in [3.63, 3.8) is 0 Å². The number of rotatable bonds is 5. The van der Waals surface area contributed by atoms with E-state index in [4.69, 9.17) is 16.7 Å². The normalized spacial score (nSPS) is 12.2. The summed E-state index contributed by atoms with van der Waals surface area (Å²) in [5.74, 6) is -1.06. The lowest BCUT2D eigenvalue weighted by atomic mass is 10.3. The van der Waals surface area contributed by atoms with Crippen molar-refractivity contribution in [1.29, 1.82) is 0 Å². The number of aromatic amines is 1. The van der Waals surface area contributed by atoms with Crippen molar-refractivity contribution >= 4 is 38.6 Å². The van der Waals surface area contributed by atoms with Gasteiger partial charge in [0.2, 0.25) is 10.0 Å². The smallest absolute Gasteiger partial charge is 0.304 e. The molecule has 0 amide bonds. The fourth-order valence-electron chi connectivity index (χ4n) is 1.73. The zero-order chi connectivity index (χ0) is 14.9. The quantitative estimate of drug-likeness (QED) is 0.865. The molecule has 0 unspecified atom stereocenters. The van der Waals surface area contributed by atoms with E-state index in [1.54, 1.807) is 0 Å². The van der Waals surface area contributed by atoms with Crippen LogP contribution in [0.25, 0.3) is 11.0 Å². The van der Waals surface area contributed by atoms with Gasteiger partial charge in [0.1, 0.15) is 10.5 Å². The summed E-state index contributed by atoms with van der Waals surface area (Å²) < 4.78 is 25.8. The molecule has 0 radical (unpaired) electrons. The minimum Gasteiger partial charge on any atom is -0.481 e. The van der Waals surface area contributed by atoms with Gasteiger partial charge in [0.05, 0.1) is 16.8 Å². The van der Waals surface area contributed by atoms with Crippen LogP contribution in [0, 0.1) is 0 Å². The van der Waals surface area contributed by atoms with Crippen LogP contribution in [-0.2, 0) is 14.8 Å². The van der Waals surface area contributed by atoms with Crippen LogP contribution in [0.4, 0.5) is 0 Å². The predicted molar refractivity (Wildman–Crippen MR) is 73.2 cm³/mol. The first kappa shape index (κ1) is 14.8. The molecule has 0 spiro atoms. The van der Waals surface area contributed by atoms with E-state index >= 15 is 0 Å². The van der Waals surface area contributed by atoms with Crippen molar-refractivity contribution in [1.82, 2.24) is 14.3 Å². The highest BCUT2D eigenvalue weighted by Crippen LogP contribution is 2.29. The van der Waals surface area contributed by atoms with Gasteiger partial charge in [-0.3, -0.25) is 4.79 Å². The summed E-state index contributed by atoms with van der Waals surface area (Å²) in [6.07, 6.45) is 2.49. The first-order chi connectivity index (χ1) is 9.34. The van der Waals surface area contributed by atoms with Crippen molar-refractivity contribution < 1.29 is 18.3 Å². The predicted octanol–water partition coefficient (Wildman–Crippen LogP) is 1.31. The van der Waals surface area contributed by atoms with E-state index in [9.17, 15) is 13.2 Å². The lowest BCUT2D eigenvalue weighted by molar-refractivity contribution is -0.137. The van der Waals surface area contributed by atoms with Crippen LogP contribution in [-0.4, -0.2) is 47.4 Å². The number of pyridine rings is 1. The lowest BCUT2D eigenvalue weighted by Crippen LogP contribution is -2.29. The average Bonchev–Trinajstić information content (AvgIpc) is 2.81. The number of aliphatic carboxylic acids is 1. The van der Waals surface area contributed by atoms with E-state index < -0.39 is 16.0 Å². The van der Waals surface area contributed by atoms with Crippen molar-refractivity contribution in [3.8, 4) is 0 Å². The van der Waals surface area contributed by atoms with Crippen molar-refractivity contribution in [2.45, 2.75) is 11.3 Å². The van der Waals surface area contributed by atoms with Crippen LogP contribution in [0.1, 0.15) is 6.42 Å². The van der Waals surface area contributed by atoms with Crippen LogP contribution in [0.15, 0.2) is 23.4 Å². The Morgan fingerprint density at radius 3 is 2.90 bits per heavy atom. The number of carbonyl (C=O) groups is 1. The molecule has 0 aliphatic carbocycles. The van der Waals surface area contributed by atoms with Gasteiger partial charge < -0.3 is 10.1 Å². The molecule has 2 aromatic rings. The zero-order valence-corrected chi connectivity index (χ0v) is 12.1. The fraction of sp³-hybridized carbons (Fsp3) is 0.273. The van der Waals surface area contributed by atoms with Gasteiger partial charge in [-0.15, -0.1) is 0 Å². The largest absolute Gasteiger partial charge is 0.481 e. The Morgan fingerprint density at radius 2 is 2.25 bits per heavy atom. The minimum absolute atomic E-state index is 0.0153. The molecule has 0 saturated heterocycles. The second-order valence-electron chi connectivity index (χ2n) is 4.14. The monoisotopic (exact) mass is 317 g/mol. The molecule has 0 aliphatic rings. The number of carboxylic acids is 1. The van der Waals surface area contributed by atoms with Gasteiger partial charge in [-0.05, 0) is 6.07 Å². The summed E-state index contributed by atoms with van der Waals surface area (Å²) in [5.41, 5.74) is 0.364. The summed E-state index contributed by atoms with van der Waals surface area (Å²) in [5, 5.41) is 9.18. The molecule has 108 valence electrons. The number of halogens is 1. The SMILES string of the molecule is CN(CCC(=O)O)S(=O)(=O)c1c[nH]c2nccc(Cl)c12. The van der Waals surface area contributed by atoms with Gasteiger partial charge in [0, 0.05) is 26.0 Å². The van der Waals surface area contributed by atoms with Gasteiger partial charge in [0.15, 0.2) is 0 Å². The first-order valence-electron chi connectivity index (χ1n) is 5.63. The summed E-state index contributed by atoms with van der Waals surface area (Å²) in [6.45, 7) is -0.123. The van der Waals surface area contributed by atoms with Gasteiger partial charge in [0.25, 0.3) is 0 Å². The lowest BCUT2D eigenvalue weighted by Gasteiger charge is -2.15. The van der Waals surface area contributed by atoms with Crippen LogP contribution < -0.4 is 0 Å². The van der Waals surface area contributed by atoms with E-state index in [0.717, 1.165) is 4.31 Å². The van der Waals surface area contributed by atoms with Gasteiger partial charge in [-0.1, -0.05) is 11.6 Å². The van der Waals surface area contributed by atoms with E-state index in [-0.39, 0.29) is 22.9 Å². The molecule has 2 N–H and O–H groups in total. The van der Waals surface area contributed by atoms with Gasteiger partial charge in [-0.25, -0.2) is 17.7 Å². The third kappa shape index (κ3) is 2.62. The van der Waals surface area contributed by atoms with Crippen LogP contribution >= 0.6 is 11.6 Å². The highest BCUT2D eigenvalue weighted by Gasteiger charge is 2.26. The van der Waals surface area contributed by atoms with Gasteiger partial charge >= 0.3 is 5.97 Å². The molecule has 0 bridgehead atoms. The Hall–Kier alpha value is -1.64. The van der Waals surface area contributed by atoms with Crippen molar-refractivity contribution in [3.05, 3.63) is 23.5 Å². The third-order valence-corrected chi connectivity index (χ3v) is 5.01. The molecule has 2 aromatic heterocycles. The summed E-state index contributed by atoms with van der Waals surface area (Å²) in [7, 11) is -2.51. The molecular weight excluding hydrogens is 306 g/mol. The Balaban J connectivity index is 2.44. The molecule has 9 heteroatoms. The highest BCUT2D eigenvalue weighted by atomic mass is 35.5. The second kappa shape index (κ2) is 5.39. The number of nitrogens with one attached hydrogen (secondary N) is 1. The number of hydrogen-bond acceptors (Lipinski definition) is 4. The van der Waals surface area contributed by atoms with E-state index in [1.807, 2.05) is 0 Å². The average molecular weight is 318 g/mol. The number of hydrogen-bond donors (Lipinski definition) is 2. The zero-order valence-electron chi connectivity index (χ0n) is 10.5. The highest BCUT2D eigenvalue weighted by molar-refractivity contribution is 7.89. The second-order valence-corrected chi connectivity index (χ2v) is 6.56. The van der Waals surface area contributed by atoms with Crippen LogP contribution in [0.3, 0.4) is 0 Å². The number of aromatic nitrogens is 2. The molecule has 0 aliphatic heterocycles. The van der Waals surface area contributed by atoms with E-state index in [2.05, 4.69) is 9.97 Å². The Kier molecular flexibility index (Phi) is 3.98. The molecule has 0 saturated carbocycles. The Morgan fingerprint density at radius 1 is 1.55 bits per heavy atom. The standard InChI is InChI=1S/C11H12ClN3O4S/c1-15(5-3-9(16)17)20(18,19)8-6-14-11-10(8)7(12)2-4-13-11/h2,4,6H,3,5H2,1H3,(H,13,14)(H,16,17). The number of H-pyrrole nitrogens is 1. The maximum atomic E-state index is 12.4. The number of fused-ring (bicyclic) bond motifs is 1. The molecule has 0 aromatic carbocycles. The molecule has 2 rings (SSSR count). The Bertz CT molecular complexity index is 756. The third-order valence-electron chi connectivity index (χ3n) is 2.82. The number of carboxylic acid groups (broad SMARTS) is 1. The Labute approximate surface area is 120 Å². The fourth-order valence-corrected chi connectivity index (χ4v) is 3.38. The van der Waals surface area contributed by atoms with Crippen LogP contribution in [0.2, 0.25) is 5.02 Å². The first-order valence-corrected chi connectivity index (χ1v) is 7.45. The minimum atomic E-state index is -3.83. The summed E-state index contributed by atoms with van der Waals surface area (Å²) in [6, 6.07) is 1.49. The molecule has 0 fully saturated rings. The van der Waals surface area contributed by atoms with Crippen LogP contribution in [0.5, 0.6) is 0 Å². The molecule has 0 atom stereocenters. The molecular formula is C11H12ClN3O4S. The van der Waals surface area contributed by atoms with E-state index in [0.29, 0.717) is 11.0 Å².